The number of ether oxygens (including phenoxy) is 1. The summed E-state index contributed by atoms with van der Waals surface area (Å²) in [5.74, 6) is 0.883. The number of carbonyl (C=O) groups is 2. The molecule has 0 radical (unpaired) electrons. The molecule has 2 aliphatic heterocycles. The van der Waals surface area contributed by atoms with Crippen LogP contribution in [0, 0.1) is 5.92 Å². The number of aliphatic hydroxyl groups excluding tert-OH is 1. The molecule has 48 heavy (non-hydrogen) atoms. The van der Waals surface area contributed by atoms with Crippen LogP contribution in [0.3, 0.4) is 0 Å². The molecule has 2 saturated heterocycles. The zero-order valence-electron chi connectivity index (χ0n) is 28.1. The van der Waals surface area contributed by atoms with Gasteiger partial charge in [-0.05, 0) is 62.7 Å². The fourth-order valence-corrected chi connectivity index (χ4v) is 6.35. The van der Waals surface area contributed by atoms with Crippen LogP contribution in [-0.2, 0) is 9.53 Å². The molecule has 4 aromatic rings. The summed E-state index contributed by atoms with van der Waals surface area (Å²) < 4.78 is 7.96. The number of hydrogen-bond acceptors (Lipinski definition) is 9. The van der Waals surface area contributed by atoms with Crippen molar-refractivity contribution in [2.75, 3.05) is 51.7 Å². The van der Waals surface area contributed by atoms with E-state index in [4.69, 9.17) is 19.8 Å². The van der Waals surface area contributed by atoms with Crippen LogP contribution in [0.4, 0.5) is 5.82 Å². The number of fused-ring (bicyclic) bond motifs is 1. The van der Waals surface area contributed by atoms with Crippen LogP contribution in [0.15, 0.2) is 67.0 Å². The van der Waals surface area contributed by atoms with Gasteiger partial charge >= 0.3 is 0 Å². The van der Waals surface area contributed by atoms with Crippen LogP contribution in [0.1, 0.15) is 73.4 Å². The van der Waals surface area contributed by atoms with Crippen LogP contribution in [-0.4, -0.2) is 93.8 Å². The van der Waals surface area contributed by atoms with E-state index >= 15 is 0 Å². The van der Waals surface area contributed by atoms with Crippen LogP contribution in [0.25, 0.3) is 11.2 Å². The monoisotopic (exact) mass is 656 g/mol. The first-order valence-electron chi connectivity index (χ1n) is 17.0. The summed E-state index contributed by atoms with van der Waals surface area (Å²) in [6, 6.07) is 20.7. The number of aliphatic hydroxyl groups is 1. The summed E-state index contributed by atoms with van der Waals surface area (Å²) in [6.45, 7) is 8.66. The van der Waals surface area contributed by atoms with Crippen molar-refractivity contribution in [3.8, 4) is 0 Å². The van der Waals surface area contributed by atoms with Crippen LogP contribution < -0.4 is 16.0 Å². The highest BCUT2D eigenvalue weighted by atomic mass is 16.5. The summed E-state index contributed by atoms with van der Waals surface area (Å²) >= 11 is 0. The van der Waals surface area contributed by atoms with Gasteiger partial charge in [-0.2, -0.15) is 0 Å². The maximum absolute atomic E-state index is 13.5. The lowest BCUT2D eigenvalue weighted by Crippen LogP contribution is -2.39. The van der Waals surface area contributed by atoms with E-state index < -0.39 is 12.3 Å². The van der Waals surface area contributed by atoms with Crippen molar-refractivity contribution in [2.45, 2.75) is 57.8 Å². The summed E-state index contributed by atoms with van der Waals surface area (Å²) in [4.78, 5) is 42.5. The van der Waals surface area contributed by atoms with Crippen molar-refractivity contribution >= 4 is 28.8 Å². The van der Waals surface area contributed by atoms with Gasteiger partial charge in [0, 0.05) is 39.2 Å². The average molecular weight is 657 g/mol. The van der Waals surface area contributed by atoms with Crippen LogP contribution in [0.5, 0.6) is 0 Å². The number of likely N-dealkylation sites (N-methyl/N-ethyl adjacent to an activating group) is 1. The van der Waals surface area contributed by atoms with Crippen molar-refractivity contribution in [3.05, 3.63) is 83.9 Å². The van der Waals surface area contributed by atoms with Crippen molar-refractivity contribution in [2.24, 2.45) is 5.92 Å². The summed E-state index contributed by atoms with van der Waals surface area (Å²) in [7, 11) is 1.00. The van der Waals surface area contributed by atoms with E-state index in [-0.39, 0.29) is 23.6 Å². The molecule has 0 spiro atoms. The molecule has 6 rings (SSSR count). The molecule has 0 bridgehead atoms. The second-order valence-electron chi connectivity index (χ2n) is 12.3. The molecule has 2 fully saturated rings. The third-order valence-electron chi connectivity index (χ3n) is 9.04. The molecule has 2 aliphatic rings. The number of nitrogens with zero attached hydrogens (tertiary/aromatic N) is 5. The minimum absolute atomic E-state index is 0.0371. The number of benzene rings is 2. The minimum Gasteiger partial charge on any atom is -0.400 e. The van der Waals surface area contributed by atoms with E-state index in [0.717, 1.165) is 43.8 Å². The lowest BCUT2D eigenvalue weighted by molar-refractivity contribution is -0.133. The zero-order chi connectivity index (χ0) is 33.9. The van der Waals surface area contributed by atoms with Gasteiger partial charge in [0.1, 0.15) is 12.3 Å². The Balaban J connectivity index is 0.00000221. The van der Waals surface area contributed by atoms with E-state index in [0.29, 0.717) is 49.5 Å². The molecule has 256 valence electrons. The summed E-state index contributed by atoms with van der Waals surface area (Å²) in [6.07, 6.45) is 4.28. The van der Waals surface area contributed by atoms with E-state index in [2.05, 4.69) is 57.0 Å². The Morgan fingerprint density at radius 2 is 1.60 bits per heavy atom. The fourth-order valence-electron chi connectivity index (χ4n) is 6.35. The Bertz CT molecular complexity index is 1570. The van der Waals surface area contributed by atoms with Crippen LogP contribution >= 0.6 is 0 Å². The largest absolute Gasteiger partial charge is 0.400 e. The molecule has 0 aliphatic carbocycles. The molecule has 2 aromatic carbocycles. The first-order valence-corrected chi connectivity index (χ1v) is 17.0. The fraction of sp³-hybridized carbons (Fsp3) is 0.472. The van der Waals surface area contributed by atoms with E-state index in [1.54, 1.807) is 6.33 Å². The zero-order valence-corrected chi connectivity index (χ0v) is 28.1. The van der Waals surface area contributed by atoms with Gasteiger partial charge in [0.2, 0.25) is 11.7 Å². The van der Waals surface area contributed by atoms with E-state index in [9.17, 15) is 9.59 Å². The first kappa shape index (κ1) is 34.9. The van der Waals surface area contributed by atoms with Crippen molar-refractivity contribution in [1.29, 1.82) is 0 Å². The Morgan fingerprint density at radius 3 is 2.25 bits per heavy atom. The molecule has 12 nitrogen and oxygen atoms in total. The quantitative estimate of drug-likeness (QED) is 0.178. The average Bonchev–Trinajstić information content (AvgIpc) is 3.79. The topological polar surface area (TPSA) is 147 Å². The number of nitrogens with one attached hydrogen (secondary N) is 3. The van der Waals surface area contributed by atoms with Gasteiger partial charge in [-0.3, -0.25) is 14.2 Å². The SMILES string of the molecule is CCNC(=O)C1CCC(n2cnc3c(NCC(c4ccccc4)c4ccccc4)nc(C(=O)NCCN4CCC(C)CC4)nc32)O1.CO. The smallest absolute Gasteiger partial charge is 0.289 e. The molecule has 2 amide bonds. The highest BCUT2D eigenvalue weighted by molar-refractivity contribution is 5.94. The standard InChI is InChI=1S/C35H44N8O3.CH4O/c1-3-36-34(44)28-14-15-29(46-28)43-23-39-30-31(38-22-27(25-10-6-4-7-11-25)26-12-8-5-9-13-26)40-32(41-33(30)43)35(45)37-18-21-42-19-16-24(2)17-20-42;1-2/h4-13,23-24,27-29H,3,14-22H2,1-2H3,(H,36,44)(H,37,45)(H,38,40,41);2H,1H3. The lowest BCUT2D eigenvalue weighted by Gasteiger charge is -2.30. The minimum atomic E-state index is -0.542. The Labute approximate surface area is 282 Å². The predicted molar refractivity (Wildman–Crippen MR) is 186 cm³/mol. The first-order chi connectivity index (χ1) is 23.5. The van der Waals surface area contributed by atoms with Gasteiger partial charge in [-0.25, -0.2) is 15.0 Å². The molecule has 4 N–H and O–H groups in total. The predicted octanol–water partition coefficient (Wildman–Crippen LogP) is 3.95. The molecule has 2 aromatic heterocycles. The second kappa shape index (κ2) is 17.1. The van der Waals surface area contributed by atoms with Crippen molar-refractivity contribution in [1.82, 2.24) is 35.1 Å². The van der Waals surface area contributed by atoms with Crippen molar-refractivity contribution in [3.63, 3.8) is 0 Å². The van der Waals surface area contributed by atoms with Gasteiger partial charge in [-0.1, -0.05) is 67.6 Å². The molecule has 2 atom stereocenters. The number of likely N-dealkylation sites (tertiary alicyclic amines) is 1. The second-order valence-corrected chi connectivity index (χ2v) is 12.3. The van der Waals surface area contributed by atoms with Crippen LogP contribution in [0.2, 0.25) is 0 Å². The lowest BCUT2D eigenvalue weighted by atomic mass is 9.91. The number of aromatic nitrogens is 4. The molecular weight excluding hydrogens is 608 g/mol. The third-order valence-corrected chi connectivity index (χ3v) is 9.04. The van der Waals surface area contributed by atoms with E-state index in [1.807, 2.05) is 47.9 Å². The Kier molecular flexibility index (Phi) is 12.5. The van der Waals surface area contributed by atoms with Gasteiger partial charge in [0.15, 0.2) is 17.0 Å². The molecular formula is C36H48N8O4. The molecule has 0 saturated carbocycles. The Morgan fingerprint density at radius 1 is 0.938 bits per heavy atom. The third kappa shape index (κ3) is 8.55. The molecule has 2 unspecified atom stereocenters. The van der Waals surface area contributed by atoms with Gasteiger partial charge in [-0.15, -0.1) is 0 Å². The maximum Gasteiger partial charge on any atom is 0.289 e. The van der Waals surface area contributed by atoms with E-state index in [1.165, 1.54) is 12.8 Å². The highest BCUT2D eigenvalue weighted by Crippen LogP contribution is 2.32. The Hall–Kier alpha value is -4.39. The van der Waals surface area contributed by atoms with Gasteiger partial charge in [0.25, 0.3) is 5.91 Å². The number of piperidine rings is 1. The number of amides is 2. The summed E-state index contributed by atoms with van der Waals surface area (Å²) in [5, 5.41) is 16.4. The highest BCUT2D eigenvalue weighted by Gasteiger charge is 2.33. The van der Waals surface area contributed by atoms with Gasteiger partial charge in [0.05, 0.1) is 6.33 Å². The van der Waals surface area contributed by atoms with Crippen molar-refractivity contribution < 1.29 is 19.4 Å². The molecule has 12 heteroatoms. The van der Waals surface area contributed by atoms with Gasteiger partial charge < -0.3 is 30.7 Å². The number of carbonyl (C=O) groups excluding carboxylic acids is 2. The number of hydrogen-bond donors (Lipinski definition) is 4. The number of anilines is 1. The maximum atomic E-state index is 13.5. The number of rotatable bonds is 12. The normalized spacial score (nSPS) is 18.4. The molecule has 4 heterocycles. The summed E-state index contributed by atoms with van der Waals surface area (Å²) in [5.41, 5.74) is 3.37. The number of imidazole rings is 1.